The molecule has 2 aromatic rings. The van der Waals surface area contributed by atoms with Gasteiger partial charge in [-0.15, -0.1) is 0 Å². The molecule has 0 aliphatic carbocycles. The Bertz CT molecular complexity index is 784. The topological polar surface area (TPSA) is 52.6 Å². The van der Waals surface area contributed by atoms with E-state index in [1.54, 1.807) is 12.1 Å². The fourth-order valence-electron chi connectivity index (χ4n) is 3.77. The third-order valence-electron chi connectivity index (χ3n) is 5.23. The fraction of sp³-hybridized carbons (Fsp3) is 0.417. The van der Waals surface area contributed by atoms with Gasteiger partial charge in [-0.2, -0.15) is 0 Å². The van der Waals surface area contributed by atoms with Crippen LogP contribution in [0, 0.1) is 5.92 Å². The van der Waals surface area contributed by atoms with Gasteiger partial charge >= 0.3 is 0 Å². The van der Waals surface area contributed by atoms with Crippen molar-refractivity contribution in [1.29, 1.82) is 0 Å². The predicted octanol–water partition coefficient (Wildman–Crippen LogP) is 2.83. The van der Waals surface area contributed by atoms with Crippen LogP contribution in [0.15, 0.2) is 60.7 Å². The Hall–Kier alpha value is -2.66. The van der Waals surface area contributed by atoms with Gasteiger partial charge in [0.05, 0.1) is 0 Å². The first-order valence-electron chi connectivity index (χ1n) is 10.4. The van der Waals surface area contributed by atoms with Crippen LogP contribution in [-0.4, -0.2) is 60.4 Å². The molecule has 1 atom stereocenters. The lowest BCUT2D eigenvalue weighted by Gasteiger charge is -2.37. The van der Waals surface area contributed by atoms with E-state index >= 15 is 0 Å². The Balaban J connectivity index is 1.69. The van der Waals surface area contributed by atoms with Gasteiger partial charge in [-0.25, -0.2) is 0 Å². The standard InChI is InChI=1S/C24H31N3O2/c1-19(2)18-26-13-15-27(16-14-26)24(29)22(17-20-9-5-3-6-10-20)25-23(28)21-11-7-4-8-12-21/h3-12,19,22H,13-18H2,1-2H3,(H,25,28). The summed E-state index contributed by atoms with van der Waals surface area (Å²) in [7, 11) is 0. The number of hydrogen-bond acceptors (Lipinski definition) is 3. The van der Waals surface area contributed by atoms with Crippen LogP contribution in [0.25, 0.3) is 0 Å². The molecular formula is C24H31N3O2. The fourth-order valence-corrected chi connectivity index (χ4v) is 3.77. The summed E-state index contributed by atoms with van der Waals surface area (Å²) in [6.45, 7) is 8.67. The van der Waals surface area contributed by atoms with Gasteiger partial charge in [0.15, 0.2) is 0 Å². The molecule has 2 amide bonds. The van der Waals surface area contributed by atoms with Crippen LogP contribution in [0.4, 0.5) is 0 Å². The van der Waals surface area contributed by atoms with E-state index in [9.17, 15) is 9.59 Å². The van der Waals surface area contributed by atoms with Crippen LogP contribution in [-0.2, 0) is 11.2 Å². The number of hydrogen-bond donors (Lipinski definition) is 1. The summed E-state index contributed by atoms with van der Waals surface area (Å²) in [5.41, 5.74) is 1.61. The van der Waals surface area contributed by atoms with E-state index in [-0.39, 0.29) is 11.8 Å². The van der Waals surface area contributed by atoms with Gasteiger partial charge in [-0.3, -0.25) is 14.5 Å². The molecule has 1 fully saturated rings. The predicted molar refractivity (Wildman–Crippen MR) is 116 cm³/mol. The van der Waals surface area contributed by atoms with Crippen molar-refractivity contribution in [3.63, 3.8) is 0 Å². The molecule has 5 heteroatoms. The van der Waals surface area contributed by atoms with Crippen molar-refractivity contribution in [2.24, 2.45) is 5.92 Å². The first-order chi connectivity index (χ1) is 14.0. The largest absolute Gasteiger partial charge is 0.340 e. The number of piperazine rings is 1. The number of nitrogens with zero attached hydrogens (tertiary/aromatic N) is 2. The maximum atomic E-state index is 13.3. The highest BCUT2D eigenvalue weighted by Gasteiger charge is 2.29. The van der Waals surface area contributed by atoms with Gasteiger partial charge in [0.2, 0.25) is 5.91 Å². The zero-order chi connectivity index (χ0) is 20.6. The van der Waals surface area contributed by atoms with E-state index in [4.69, 9.17) is 0 Å². The van der Waals surface area contributed by atoms with Crippen LogP contribution in [0.2, 0.25) is 0 Å². The van der Waals surface area contributed by atoms with E-state index < -0.39 is 6.04 Å². The lowest BCUT2D eigenvalue weighted by atomic mass is 10.0. The molecule has 0 saturated carbocycles. The Labute approximate surface area is 173 Å². The van der Waals surface area contributed by atoms with Crippen molar-refractivity contribution >= 4 is 11.8 Å². The van der Waals surface area contributed by atoms with Crippen molar-refractivity contribution in [3.05, 3.63) is 71.8 Å². The van der Waals surface area contributed by atoms with Crippen LogP contribution in [0.5, 0.6) is 0 Å². The second-order valence-corrected chi connectivity index (χ2v) is 8.10. The van der Waals surface area contributed by atoms with E-state index in [0.717, 1.165) is 25.2 Å². The zero-order valence-corrected chi connectivity index (χ0v) is 17.4. The molecule has 5 nitrogen and oxygen atoms in total. The minimum absolute atomic E-state index is 0.00216. The molecule has 29 heavy (non-hydrogen) atoms. The molecule has 0 radical (unpaired) electrons. The molecule has 1 aliphatic rings. The number of amides is 2. The minimum atomic E-state index is -0.568. The molecule has 1 N–H and O–H groups in total. The number of nitrogens with one attached hydrogen (secondary N) is 1. The molecule has 1 heterocycles. The van der Waals surface area contributed by atoms with Crippen molar-refractivity contribution < 1.29 is 9.59 Å². The van der Waals surface area contributed by atoms with Gasteiger partial charge < -0.3 is 10.2 Å². The summed E-state index contributed by atoms with van der Waals surface area (Å²) in [6.07, 6.45) is 0.491. The van der Waals surface area contributed by atoms with Crippen molar-refractivity contribution in [2.45, 2.75) is 26.3 Å². The number of benzene rings is 2. The third kappa shape index (κ3) is 6.16. The summed E-state index contributed by atoms with van der Waals surface area (Å²) < 4.78 is 0. The lowest BCUT2D eigenvalue weighted by Crippen LogP contribution is -2.55. The van der Waals surface area contributed by atoms with Gasteiger partial charge in [0, 0.05) is 44.7 Å². The number of rotatable bonds is 7. The summed E-state index contributed by atoms with van der Waals surface area (Å²) in [4.78, 5) is 30.3. The lowest BCUT2D eigenvalue weighted by molar-refractivity contribution is -0.135. The molecular weight excluding hydrogens is 362 g/mol. The average molecular weight is 394 g/mol. The summed E-state index contributed by atoms with van der Waals surface area (Å²) >= 11 is 0. The monoisotopic (exact) mass is 393 g/mol. The van der Waals surface area contributed by atoms with E-state index in [1.165, 1.54) is 0 Å². The Morgan fingerprint density at radius 2 is 1.48 bits per heavy atom. The molecule has 1 aliphatic heterocycles. The minimum Gasteiger partial charge on any atom is -0.340 e. The molecule has 0 bridgehead atoms. The number of carbonyl (C=O) groups is 2. The average Bonchev–Trinajstić information content (AvgIpc) is 2.74. The van der Waals surface area contributed by atoms with E-state index in [2.05, 4.69) is 24.1 Å². The molecule has 2 aromatic carbocycles. The Morgan fingerprint density at radius 1 is 0.897 bits per heavy atom. The van der Waals surface area contributed by atoms with Crippen LogP contribution < -0.4 is 5.32 Å². The molecule has 1 unspecified atom stereocenters. The van der Waals surface area contributed by atoms with Gasteiger partial charge in [0.1, 0.15) is 6.04 Å². The second kappa shape index (κ2) is 10.2. The van der Waals surface area contributed by atoms with Crippen LogP contribution >= 0.6 is 0 Å². The Morgan fingerprint density at radius 3 is 2.07 bits per heavy atom. The summed E-state index contributed by atoms with van der Waals surface area (Å²) in [5, 5.41) is 2.98. The molecule has 1 saturated heterocycles. The highest BCUT2D eigenvalue weighted by Crippen LogP contribution is 2.11. The van der Waals surface area contributed by atoms with Gasteiger partial charge in [-0.05, 0) is 23.6 Å². The van der Waals surface area contributed by atoms with Crippen molar-refractivity contribution in [3.8, 4) is 0 Å². The molecule has 0 aromatic heterocycles. The highest BCUT2D eigenvalue weighted by molar-refractivity contribution is 5.97. The third-order valence-corrected chi connectivity index (χ3v) is 5.23. The van der Waals surface area contributed by atoms with Crippen LogP contribution in [0.1, 0.15) is 29.8 Å². The first-order valence-corrected chi connectivity index (χ1v) is 10.4. The van der Waals surface area contributed by atoms with Gasteiger partial charge in [-0.1, -0.05) is 62.4 Å². The second-order valence-electron chi connectivity index (χ2n) is 8.10. The maximum Gasteiger partial charge on any atom is 0.251 e. The van der Waals surface area contributed by atoms with Crippen molar-refractivity contribution in [2.75, 3.05) is 32.7 Å². The number of carbonyl (C=O) groups excluding carboxylic acids is 2. The molecule has 3 rings (SSSR count). The zero-order valence-electron chi connectivity index (χ0n) is 17.4. The normalized spacial score (nSPS) is 15.9. The molecule has 154 valence electrons. The van der Waals surface area contributed by atoms with E-state index in [0.29, 0.717) is 31.0 Å². The smallest absolute Gasteiger partial charge is 0.251 e. The highest BCUT2D eigenvalue weighted by atomic mass is 16.2. The molecule has 0 spiro atoms. The summed E-state index contributed by atoms with van der Waals surface area (Å²) in [5.74, 6) is 0.411. The SMILES string of the molecule is CC(C)CN1CCN(C(=O)C(Cc2ccccc2)NC(=O)c2ccccc2)CC1. The van der Waals surface area contributed by atoms with Gasteiger partial charge in [0.25, 0.3) is 5.91 Å². The van der Waals surface area contributed by atoms with Crippen molar-refractivity contribution in [1.82, 2.24) is 15.1 Å². The maximum absolute atomic E-state index is 13.3. The quantitative estimate of drug-likeness (QED) is 0.787. The first kappa shape index (κ1) is 21.1. The Kier molecular flexibility index (Phi) is 7.42. The van der Waals surface area contributed by atoms with Crippen LogP contribution in [0.3, 0.4) is 0 Å². The van der Waals surface area contributed by atoms with E-state index in [1.807, 2.05) is 53.4 Å². The summed E-state index contributed by atoms with van der Waals surface area (Å²) in [6, 6.07) is 18.4.